The third kappa shape index (κ3) is 8.93. The topological polar surface area (TPSA) is 67.4 Å². The van der Waals surface area contributed by atoms with Gasteiger partial charge < -0.3 is 33.7 Å². The zero-order valence-corrected chi connectivity index (χ0v) is 25.7. The second-order valence-electron chi connectivity index (χ2n) is 10.6. The van der Waals surface area contributed by atoms with Gasteiger partial charge in [-0.05, 0) is 24.3 Å². The van der Waals surface area contributed by atoms with Gasteiger partial charge in [-0.25, -0.2) is 0 Å². The predicted molar refractivity (Wildman–Crippen MR) is 144 cm³/mol. The number of ether oxygens (including phenoxy) is 6. The molecule has 1 N–H and O–H groups in total. The summed E-state index contributed by atoms with van der Waals surface area (Å²) >= 11 is 0. The molecule has 0 unspecified atom stereocenters. The van der Waals surface area contributed by atoms with E-state index in [1.165, 1.54) is 17.4 Å². The summed E-state index contributed by atoms with van der Waals surface area (Å²) in [7, 11) is 0. The Hall–Kier alpha value is -3.53. The zero-order chi connectivity index (χ0) is 38.4. The Kier molecular flexibility index (Phi) is 13.1. The minimum absolute atomic E-state index is 0.0986. The first-order valence-corrected chi connectivity index (χ1v) is 14.4. The molecule has 0 saturated carbocycles. The molecule has 0 atom stereocenters. The molecule has 51 heavy (non-hydrogen) atoms. The number of alkyl halides is 15. The molecule has 0 spiro atoms. The first-order chi connectivity index (χ1) is 23.5. The Labute approximate surface area is 278 Å². The Morgan fingerprint density at radius 3 is 1.35 bits per heavy atom. The average Bonchev–Trinajstić information content (AvgIpc) is 3.04. The molecule has 1 aliphatic rings. The Balaban J connectivity index is 1.70. The largest absolute Gasteiger partial charge is 0.487 e. The lowest BCUT2D eigenvalue weighted by molar-refractivity contribution is -0.451. The molecular formula is C29H28F15NO6. The van der Waals surface area contributed by atoms with E-state index in [-0.39, 0.29) is 62.6 Å². The highest BCUT2D eigenvalue weighted by atomic mass is 19.4. The molecule has 22 heteroatoms. The van der Waals surface area contributed by atoms with E-state index in [1.807, 2.05) is 0 Å². The third-order valence-electron chi connectivity index (χ3n) is 6.89. The first kappa shape index (κ1) is 41.9. The summed E-state index contributed by atoms with van der Waals surface area (Å²) in [6.45, 7) is -4.56. The highest BCUT2D eigenvalue weighted by Gasteiger charge is 2.93. The smallest absolute Gasteiger partial charge is 0.460 e. The predicted octanol–water partition coefficient (Wildman–Crippen LogP) is 7.28. The molecule has 0 radical (unpaired) electrons. The molecule has 3 rings (SSSR count). The number of halogens is 15. The van der Waals surface area contributed by atoms with E-state index in [1.54, 1.807) is 36.4 Å². The molecular weight excluding hydrogens is 743 g/mol. The highest BCUT2D eigenvalue weighted by molar-refractivity contribution is 5.40. The summed E-state index contributed by atoms with van der Waals surface area (Å²) in [6, 6.07) is 12.5. The van der Waals surface area contributed by atoms with Crippen molar-refractivity contribution < 1.29 is 94.3 Å². The van der Waals surface area contributed by atoms with E-state index >= 15 is 0 Å². The molecule has 1 aliphatic heterocycles. The van der Waals surface area contributed by atoms with Crippen LogP contribution in [0.5, 0.6) is 23.0 Å². The van der Waals surface area contributed by atoms with Crippen molar-refractivity contribution in [2.24, 2.45) is 0 Å². The fraction of sp³-hybridized carbons (Fsp3) is 0.586. The van der Waals surface area contributed by atoms with Gasteiger partial charge in [-0.1, -0.05) is 24.3 Å². The molecule has 0 bridgehead atoms. The van der Waals surface area contributed by atoms with Gasteiger partial charge in [0, 0.05) is 6.54 Å². The van der Waals surface area contributed by atoms with Gasteiger partial charge in [0.05, 0.1) is 26.4 Å². The Morgan fingerprint density at radius 1 is 0.529 bits per heavy atom. The van der Waals surface area contributed by atoms with Crippen LogP contribution in [0.4, 0.5) is 65.9 Å². The second kappa shape index (κ2) is 16.0. The number of nitrogens with one attached hydrogen (secondary N) is 1. The normalized spacial score (nSPS) is 16.9. The fourth-order valence-corrected chi connectivity index (χ4v) is 4.06. The zero-order valence-electron chi connectivity index (χ0n) is 25.7. The van der Waals surface area contributed by atoms with E-state index in [0.717, 1.165) is 0 Å². The van der Waals surface area contributed by atoms with Crippen molar-refractivity contribution in [1.29, 1.82) is 0 Å². The lowest BCUT2D eigenvalue weighted by atomic mass is 9.91. The van der Waals surface area contributed by atoms with Crippen LogP contribution in [-0.4, -0.2) is 107 Å². The Morgan fingerprint density at radius 2 is 0.922 bits per heavy atom. The van der Waals surface area contributed by atoms with E-state index < -0.39 is 67.5 Å². The molecule has 0 saturated heterocycles. The summed E-state index contributed by atoms with van der Waals surface area (Å²) in [4.78, 5) is 0. The van der Waals surface area contributed by atoms with E-state index in [9.17, 15) is 65.9 Å². The van der Waals surface area contributed by atoms with Gasteiger partial charge in [0.2, 0.25) is 0 Å². The summed E-state index contributed by atoms with van der Waals surface area (Å²) in [5, 5.41) is 1.43. The maximum absolute atomic E-state index is 14.2. The number of hydrogen-bond donors (Lipinski definition) is 1. The molecule has 7 nitrogen and oxygen atoms in total. The maximum Gasteiger partial charge on any atom is 0.460 e. The lowest BCUT2D eigenvalue weighted by Crippen LogP contribution is -2.73. The monoisotopic (exact) mass is 771 g/mol. The molecule has 0 fully saturated rings. The molecule has 1 heterocycles. The van der Waals surface area contributed by atoms with Crippen molar-refractivity contribution >= 4 is 0 Å². The van der Waals surface area contributed by atoms with Gasteiger partial charge in [-0.2, -0.15) is 65.9 Å². The van der Waals surface area contributed by atoms with Crippen molar-refractivity contribution in [2.75, 3.05) is 59.3 Å². The summed E-state index contributed by atoms with van der Waals surface area (Å²) in [5.74, 6) is -46.0. The van der Waals surface area contributed by atoms with Gasteiger partial charge in [-0.15, -0.1) is 0 Å². The van der Waals surface area contributed by atoms with Gasteiger partial charge in [0.15, 0.2) is 23.0 Å². The fourth-order valence-electron chi connectivity index (χ4n) is 4.06. The van der Waals surface area contributed by atoms with Crippen LogP contribution in [0.2, 0.25) is 0 Å². The lowest BCUT2D eigenvalue weighted by Gasteiger charge is -2.41. The number of para-hydroxylation sites is 4. The number of fused-ring (bicyclic) bond motifs is 2. The second-order valence-corrected chi connectivity index (χ2v) is 10.6. The average molecular weight is 772 g/mol. The Bertz CT molecular complexity index is 1350. The quantitative estimate of drug-likeness (QED) is 0.190. The minimum atomic E-state index is -8.35. The minimum Gasteiger partial charge on any atom is -0.487 e. The third-order valence-corrected chi connectivity index (χ3v) is 6.89. The van der Waals surface area contributed by atoms with Gasteiger partial charge >= 0.3 is 41.7 Å². The summed E-state index contributed by atoms with van der Waals surface area (Å²) < 4.78 is 235. The van der Waals surface area contributed by atoms with Crippen LogP contribution in [-0.2, 0) is 9.47 Å². The molecule has 0 amide bonds. The highest BCUT2D eigenvalue weighted by Crippen LogP contribution is 2.62. The SMILES string of the molecule is FC(F)(F)C(F)(F)C(F)(F)C(F)(F)C(F)(F)C(F)(F)C(F)(F)CNCCOC1COc2ccccc2OCCOCCOc2ccccc2OC1. The molecule has 2 aromatic rings. The van der Waals surface area contributed by atoms with Crippen LogP contribution in [0.15, 0.2) is 48.5 Å². The maximum atomic E-state index is 14.2. The summed E-state index contributed by atoms with van der Waals surface area (Å²) in [6.07, 6.45) is -8.79. The van der Waals surface area contributed by atoms with Crippen molar-refractivity contribution in [3.63, 3.8) is 0 Å². The van der Waals surface area contributed by atoms with Crippen molar-refractivity contribution in [3.05, 3.63) is 48.5 Å². The molecule has 0 aliphatic carbocycles. The number of rotatable bonds is 11. The van der Waals surface area contributed by atoms with E-state index in [4.69, 9.17) is 28.4 Å². The van der Waals surface area contributed by atoms with Crippen LogP contribution < -0.4 is 24.3 Å². The molecule has 2 aromatic carbocycles. The summed E-state index contributed by atoms with van der Waals surface area (Å²) in [5.41, 5.74) is 0. The van der Waals surface area contributed by atoms with E-state index in [2.05, 4.69) is 0 Å². The van der Waals surface area contributed by atoms with Crippen LogP contribution in [0.3, 0.4) is 0 Å². The first-order valence-electron chi connectivity index (χ1n) is 14.4. The number of benzene rings is 2. The van der Waals surface area contributed by atoms with Gasteiger partial charge in [0.1, 0.15) is 32.5 Å². The van der Waals surface area contributed by atoms with Gasteiger partial charge in [0.25, 0.3) is 0 Å². The molecule has 290 valence electrons. The van der Waals surface area contributed by atoms with Crippen molar-refractivity contribution in [3.8, 4) is 23.0 Å². The van der Waals surface area contributed by atoms with Crippen LogP contribution in [0, 0.1) is 0 Å². The van der Waals surface area contributed by atoms with E-state index in [0.29, 0.717) is 0 Å². The molecule has 0 aromatic heterocycles. The standard InChI is InChI=1S/C29H28F15NO6/c30-23(31,24(32,33)25(34,35)26(36,37)27(38,39)28(40,41)29(42,43)44)17-45-9-10-47-18-15-50-21-7-3-1-5-19(21)48-13-11-46-12-14-49-20-6-2-4-8-22(20)51-16-18/h1-8,18,45H,9-17H2. The van der Waals surface area contributed by atoms with Crippen LogP contribution in [0.25, 0.3) is 0 Å². The van der Waals surface area contributed by atoms with Gasteiger partial charge in [-0.3, -0.25) is 0 Å². The van der Waals surface area contributed by atoms with Crippen LogP contribution in [0.1, 0.15) is 0 Å². The number of hydrogen-bond acceptors (Lipinski definition) is 7. The van der Waals surface area contributed by atoms with Crippen LogP contribution >= 0.6 is 0 Å². The van der Waals surface area contributed by atoms with Crippen molar-refractivity contribution in [2.45, 2.75) is 47.8 Å². The van der Waals surface area contributed by atoms with Crippen molar-refractivity contribution in [1.82, 2.24) is 5.32 Å².